The van der Waals surface area contributed by atoms with E-state index in [4.69, 9.17) is 0 Å². The van der Waals surface area contributed by atoms with E-state index < -0.39 is 0 Å². The van der Waals surface area contributed by atoms with Crippen LogP contribution in [0, 0.1) is 0 Å². The predicted octanol–water partition coefficient (Wildman–Crippen LogP) is 5.63. The molecule has 0 N–H and O–H groups in total. The summed E-state index contributed by atoms with van der Waals surface area (Å²) in [6, 6.07) is 0. The maximum absolute atomic E-state index is 12.3. The standard InChI is InChI=1S/C22H44N2O/c1-3-4-5-6-7-8-9-10-11-12-13-14-15-17-22(25)24-19-16-18-23(2)20-21-24/h3-21H2,1-2H3. The summed E-state index contributed by atoms with van der Waals surface area (Å²) in [7, 11) is 2.15. The fourth-order valence-electron chi connectivity index (χ4n) is 3.75. The van der Waals surface area contributed by atoms with Crippen molar-refractivity contribution in [3.05, 3.63) is 0 Å². The van der Waals surface area contributed by atoms with Gasteiger partial charge in [-0.15, -0.1) is 0 Å². The molecule has 0 aromatic carbocycles. The number of nitrogens with zero attached hydrogens (tertiary/aromatic N) is 2. The molecule has 0 bridgehead atoms. The molecular formula is C22H44N2O. The zero-order valence-corrected chi connectivity index (χ0v) is 17.2. The number of unbranched alkanes of at least 4 members (excludes halogenated alkanes) is 12. The second kappa shape index (κ2) is 15.7. The maximum atomic E-state index is 12.3. The van der Waals surface area contributed by atoms with Crippen molar-refractivity contribution in [2.45, 2.75) is 103 Å². The van der Waals surface area contributed by atoms with Crippen molar-refractivity contribution in [3.8, 4) is 0 Å². The Hall–Kier alpha value is -0.570. The molecule has 148 valence electrons. The minimum atomic E-state index is 0.387. The van der Waals surface area contributed by atoms with Gasteiger partial charge in [0.05, 0.1) is 0 Å². The lowest BCUT2D eigenvalue weighted by molar-refractivity contribution is -0.131. The van der Waals surface area contributed by atoms with Gasteiger partial charge in [0, 0.05) is 26.1 Å². The molecule has 0 aromatic heterocycles. The second-order valence-corrected chi connectivity index (χ2v) is 8.03. The highest BCUT2D eigenvalue weighted by molar-refractivity contribution is 5.76. The summed E-state index contributed by atoms with van der Waals surface area (Å²) in [5.41, 5.74) is 0. The van der Waals surface area contributed by atoms with Crippen LogP contribution in [0.15, 0.2) is 0 Å². The Morgan fingerprint density at radius 1 is 0.680 bits per heavy atom. The zero-order valence-electron chi connectivity index (χ0n) is 17.2. The number of rotatable bonds is 14. The van der Waals surface area contributed by atoms with E-state index in [9.17, 15) is 4.79 Å². The van der Waals surface area contributed by atoms with Crippen LogP contribution in [-0.4, -0.2) is 48.9 Å². The Kier molecular flexibility index (Phi) is 14.1. The van der Waals surface area contributed by atoms with Gasteiger partial charge in [-0.25, -0.2) is 0 Å². The molecule has 1 aliphatic heterocycles. The highest BCUT2D eigenvalue weighted by atomic mass is 16.2. The van der Waals surface area contributed by atoms with Crippen molar-refractivity contribution in [2.75, 3.05) is 33.2 Å². The molecule has 0 radical (unpaired) electrons. The van der Waals surface area contributed by atoms with E-state index in [1.807, 2.05) is 0 Å². The fraction of sp³-hybridized carbons (Fsp3) is 0.955. The van der Waals surface area contributed by atoms with Gasteiger partial charge in [-0.2, -0.15) is 0 Å². The highest BCUT2D eigenvalue weighted by Gasteiger charge is 2.16. The topological polar surface area (TPSA) is 23.6 Å². The molecule has 25 heavy (non-hydrogen) atoms. The monoisotopic (exact) mass is 352 g/mol. The Balaban J connectivity index is 1.84. The molecule has 1 amide bonds. The second-order valence-electron chi connectivity index (χ2n) is 8.03. The van der Waals surface area contributed by atoms with E-state index in [2.05, 4.69) is 23.8 Å². The molecule has 0 aliphatic carbocycles. The van der Waals surface area contributed by atoms with Crippen LogP contribution in [0.5, 0.6) is 0 Å². The van der Waals surface area contributed by atoms with Gasteiger partial charge in [0.15, 0.2) is 0 Å². The average molecular weight is 353 g/mol. The fourth-order valence-corrected chi connectivity index (χ4v) is 3.75. The molecule has 1 fully saturated rings. The quantitative estimate of drug-likeness (QED) is 0.378. The lowest BCUT2D eigenvalue weighted by atomic mass is 10.0. The molecule has 0 saturated carbocycles. The van der Waals surface area contributed by atoms with Crippen LogP contribution in [0.25, 0.3) is 0 Å². The third-order valence-electron chi connectivity index (χ3n) is 5.57. The summed E-state index contributed by atoms with van der Waals surface area (Å²) in [5, 5.41) is 0. The third-order valence-corrected chi connectivity index (χ3v) is 5.57. The number of amides is 1. The van der Waals surface area contributed by atoms with Gasteiger partial charge < -0.3 is 9.80 Å². The van der Waals surface area contributed by atoms with Crippen molar-refractivity contribution in [3.63, 3.8) is 0 Å². The van der Waals surface area contributed by atoms with Crippen LogP contribution in [0.3, 0.4) is 0 Å². The lowest BCUT2D eigenvalue weighted by Crippen LogP contribution is -2.34. The van der Waals surface area contributed by atoms with Gasteiger partial charge in [0.1, 0.15) is 0 Å². The lowest BCUT2D eigenvalue weighted by Gasteiger charge is -2.20. The van der Waals surface area contributed by atoms with Crippen LogP contribution in [0.2, 0.25) is 0 Å². The van der Waals surface area contributed by atoms with E-state index in [0.29, 0.717) is 5.91 Å². The molecular weight excluding hydrogens is 308 g/mol. The van der Waals surface area contributed by atoms with E-state index in [1.54, 1.807) is 0 Å². The Morgan fingerprint density at radius 2 is 1.20 bits per heavy atom. The third kappa shape index (κ3) is 12.4. The molecule has 0 unspecified atom stereocenters. The number of likely N-dealkylation sites (N-methyl/N-ethyl adjacent to an activating group) is 1. The first-order valence-corrected chi connectivity index (χ1v) is 11.2. The molecule has 1 saturated heterocycles. The number of hydrogen-bond acceptors (Lipinski definition) is 2. The Labute approximate surface area is 157 Å². The van der Waals surface area contributed by atoms with Crippen LogP contribution >= 0.6 is 0 Å². The summed E-state index contributed by atoms with van der Waals surface area (Å²) in [6.07, 6.45) is 19.6. The van der Waals surface area contributed by atoms with Crippen LogP contribution < -0.4 is 0 Å². The van der Waals surface area contributed by atoms with E-state index in [0.717, 1.165) is 45.4 Å². The van der Waals surface area contributed by atoms with Crippen LogP contribution in [0.4, 0.5) is 0 Å². The van der Waals surface area contributed by atoms with Crippen molar-refractivity contribution in [1.82, 2.24) is 9.80 Å². The smallest absolute Gasteiger partial charge is 0.222 e. The number of hydrogen-bond donors (Lipinski definition) is 0. The molecule has 3 nitrogen and oxygen atoms in total. The Bertz CT molecular complexity index is 319. The summed E-state index contributed by atoms with van der Waals surface area (Å²) in [6.45, 7) is 6.33. The van der Waals surface area contributed by atoms with Gasteiger partial charge in [-0.1, -0.05) is 84.0 Å². The van der Waals surface area contributed by atoms with Crippen molar-refractivity contribution >= 4 is 5.91 Å². The molecule has 1 aliphatic rings. The zero-order chi connectivity index (χ0) is 18.2. The minimum Gasteiger partial charge on any atom is -0.341 e. The average Bonchev–Trinajstić information content (AvgIpc) is 2.83. The first kappa shape index (κ1) is 22.5. The van der Waals surface area contributed by atoms with Gasteiger partial charge in [0.2, 0.25) is 5.91 Å². The molecule has 0 atom stereocenters. The van der Waals surface area contributed by atoms with E-state index >= 15 is 0 Å². The first-order chi connectivity index (χ1) is 12.2. The predicted molar refractivity (Wildman–Crippen MR) is 109 cm³/mol. The minimum absolute atomic E-state index is 0.387. The summed E-state index contributed by atoms with van der Waals surface area (Å²) in [4.78, 5) is 16.7. The first-order valence-electron chi connectivity index (χ1n) is 11.2. The number of carbonyl (C=O) groups is 1. The van der Waals surface area contributed by atoms with Gasteiger partial charge in [0.25, 0.3) is 0 Å². The van der Waals surface area contributed by atoms with Crippen molar-refractivity contribution < 1.29 is 4.79 Å². The molecule has 1 rings (SSSR count). The van der Waals surface area contributed by atoms with Crippen LogP contribution in [0.1, 0.15) is 103 Å². The SMILES string of the molecule is CCCCCCCCCCCCCCCC(=O)N1CCCN(C)CC1. The summed E-state index contributed by atoms with van der Waals surface area (Å²) >= 11 is 0. The van der Waals surface area contributed by atoms with Crippen molar-refractivity contribution in [2.24, 2.45) is 0 Å². The molecule has 3 heteroatoms. The largest absolute Gasteiger partial charge is 0.341 e. The molecule has 0 spiro atoms. The highest BCUT2D eigenvalue weighted by Crippen LogP contribution is 2.13. The van der Waals surface area contributed by atoms with Crippen molar-refractivity contribution in [1.29, 1.82) is 0 Å². The van der Waals surface area contributed by atoms with E-state index in [1.165, 1.54) is 77.0 Å². The van der Waals surface area contributed by atoms with Crippen LogP contribution in [-0.2, 0) is 4.79 Å². The maximum Gasteiger partial charge on any atom is 0.222 e. The Morgan fingerprint density at radius 3 is 1.76 bits per heavy atom. The van der Waals surface area contributed by atoms with Gasteiger partial charge in [-0.05, 0) is 26.4 Å². The molecule has 0 aromatic rings. The summed E-state index contributed by atoms with van der Waals surface area (Å²) < 4.78 is 0. The number of carbonyl (C=O) groups excluding carboxylic acids is 1. The van der Waals surface area contributed by atoms with Gasteiger partial charge in [-0.3, -0.25) is 4.79 Å². The molecule has 1 heterocycles. The van der Waals surface area contributed by atoms with Gasteiger partial charge >= 0.3 is 0 Å². The summed E-state index contributed by atoms with van der Waals surface area (Å²) in [5.74, 6) is 0.387. The van der Waals surface area contributed by atoms with E-state index in [-0.39, 0.29) is 0 Å². The normalized spacial score (nSPS) is 16.2.